The maximum Gasteiger partial charge on any atom is 0.314 e. The highest BCUT2D eigenvalue weighted by Crippen LogP contribution is 2.41. The zero-order chi connectivity index (χ0) is 16.5. The molecule has 0 bridgehead atoms. The van der Waals surface area contributed by atoms with E-state index in [-0.39, 0.29) is 22.5 Å². The molecule has 6 nitrogen and oxygen atoms in total. The summed E-state index contributed by atoms with van der Waals surface area (Å²) < 4.78 is 6.47. The summed E-state index contributed by atoms with van der Waals surface area (Å²) in [4.78, 5) is 26.3. The van der Waals surface area contributed by atoms with E-state index in [2.05, 4.69) is 5.10 Å². The molecule has 1 saturated heterocycles. The minimum absolute atomic E-state index is 0.134. The van der Waals surface area contributed by atoms with Crippen molar-refractivity contribution in [2.45, 2.75) is 27.2 Å². The first-order valence-corrected chi connectivity index (χ1v) is 7.85. The summed E-state index contributed by atoms with van der Waals surface area (Å²) >= 11 is 6.16. The number of ether oxygens (including phenoxy) is 1. The van der Waals surface area contributed by atoms with Crippen molar-refractivity contribution in [2.75, 3.05) is 24.6 Å². The van der Waals surface area contributed by atoms with Crippen LogP contribution in [0.3, 0.4) is 0 Å². The molecule has 0 radical (unpaired) electrons. The number of carbonyl (C=O) groups is 1. The maximum absolute atomic E-state index is 12.4. The molecular weight excluding hydrogens is 306 g/mol. The predicted molar refractivity (Wildman–Crippen MR) is 85.2 cm³/mol. The summed E-state index contributed by atoms with van der Waals surface area (Å²) in [6.45, 7) is 7.33. The van der Waals surface area contributed by atoms with Crippen molar-refractivity contribution in [1.82, 2.24) is 9.78 Å². The highest BCUT2D eigenvalue weighted by Gasteiger charge is 2.48. The Bertz CT molecular complexity index is 629. The van der Waals surface area contributed by atoms with Crippen molar-refractivity contribution < 1.29 is 9.53 Å². The summed E-state index contributed by atoms with van der Waals surface area (Å²) in [5.74, 6) is -0.0461. The number of hydrogen-bond acceptors (Lipinski definition) is 5. The Morgan fingerprint density at radius 1 is 1.55 bits per heavy atom. The Morgan fingerprint density at radius 2 is 2.23 bits per heavy atom. The molecule has 1 aromatic rings. The van der Waals surface area contributed by atoms with Gasteiger partial charge in [-0.15, -0.1) is 0 Å². The molecule has 2 heterocycles. The largest absolute Gasteiger partial charge is 0.466 e. The molecular formula is C15H22ClN3O3. The van der Waals surface area contributed by atoms with Gasteiger partial charge >= 0.3 is 5.97 Å². The summed E-state index contributed by atoms with van der Waals surface area (Å²) in [7, 11) is 1.55. The molecule has 7 heteroatoms. The van der Waals surface area contributed by atoms with E-state index >= 15 is 0 Å². The zero-order valence-corrected chi connectivity index (χ0v) is 14.2. The van der Waals surface area contributed by atoms with Gasteiger partial charge in [0, 0.05) is 20.1 Å². The van der Waals surface area contributed by atoms with Gasteiger partial charge in [0.05, 0.1) is 23.9 Å². The van der Waals surface area contributed by atoms with Crippen LogP contribution in [0.4, 0.5) is 5.69 Å². The van der Waals surface area contributed by atoms with Crippen LogP contribution in [-0.2, 0) is 16.6 Å². The minimum atomic E-state index is -0.569. The molecule has 0 unspecified atom stereocenters. The van der Waals surface area contributed by atoms with Crippen molar-refractivity contribution >= 4 is 23.3 Å². The number of carbonyl (C=O) groups excluding carboxylic acids is 1. The van der Waals surface area contributed by atoms with Gasteiger partial charge in [0.1, 0.15) is 5.02 Å². The minimum Gasteiger partial charge on any atom is -0.466 e. The normalized spacial score (nSPS) is 21.5. The van der Waals surface area contributed by atoms with Gasteiger partial charge in [-0.2, -0.15) is 5.10 Å². The van der Waals surface area contributed by atoms with Gasteiger partial charge in [-0.1, -0.05) is 25.4 Å². The fraction of sp³-hybridized carbons (Fsp3) is 0.667. The molecule has 1 aromatic heterocycles. The standard InChI is InChI=1S/C15H22ClN3O3/c1-5-22-14(21)15(10(2)3)6-7-19(9-15)11-8-17-18(4)13(20)12(11)16/h8,10H,5-7,9H2,1-4H3/t15-/m0/s1. The van der Waals surface area contributed by atoms with E-state index in [9.17, 15) is 9.59 Å². The van der Waals surface area contributed by atoms with E-state index in [1.165, 1.54) is 4.68 Å². The number of hydrogen-bond donors (Lipinski definition) is 0. The molecule has 0 N–H and O–H groups in total. The summed E-state index contributed by atoms with van der Waals surface area (Å²) in [5, 5.41) is 4.16. The van der Waals surface area contributed by atoms with E-state index in [0.717, 1.165) is 0 Å². The van der Waals surface area contributed by atoms with E-state index in [4.69, 9.17) is 16.3 Å². The van der Waals surface area contributed by atoms with Crippen molar-refractivity contribution in [3.8, 4) is 0 Å². The van der Waals surface area contributed by atoms with Gasteiger partial charge in [-0.05, 0) is 19.3 Å². The number of esters is 1. The van der Waals surface area contributed by atoms with Crippen molar-refractivity contribution in [2.24, 2.45) is 18.4 Å². The van der Waals surface area contributed by atoms with Gasteiger partial charge in [-0.25, -0.2) is 4.68 Å². The lowest BCUT2D eigenvalue weighted by Gasteiger charge is -2.31. The van der Waals surface area contributed by atoms with Crippen molar-refractivity contribution in [3.63, 3.8) is 0 Å². The van der Waals surface area contributed by atoms with Gasteiger partial charge in [0.25, 0.3) is 5.56 Å². The average molecular weight is 328 g/mol. The Labute approximate surface area is 135 Å². The second-order valence-electron chi connectivity index (χ2n) is 5.98. The van der Waals surface area contributed by atoms with Gasteiger partial charge in [-0.3, -0.25) is 9.59 Å². The van der Waals surface area contributed by atoms with Crippen LogP contribution in [0.2, 0.25) is 5.02 Å². The third-order valence-electron chi connectivity index (χ3n) is 4.49. The van der Waals surface area contributed by atoms with Crippen molar-refractivity contribution in [1.29, 1.82) is 0 Å². The van der Waals surface area contributed by atoms with Crippen LogP contribution in [0.15, 0.2) is 11.0 Å². The number of aromatic nitrogens is 2. The second-order valence-corrected chi connectivity index (χ2v) is 6.35. The van der Waals surface area contributed by atoms with Gasteiger partial charge in [0.15, 0.2) is 0 Å². The topological polar surface area (TPSA) is 64.4 Å². The molecule has 0 aliphatic carbocycles. The molecule has 1 aliphatic heterocycles. The molecule has 1 fully saturated rings. The molecule has 22 heavy (non-hydrogen) atoms. The van der Waals surface area contributed by atoms with E-state index in [0.29, 0.717) is 31.8 Å². The fourth-order valence-corrected chi connectivity index (χ4v) is 3.20. The third kappa shape index (κ3) is 2.72. The summed E-state index contributed by atoms with van der Waals surface area (Å²) in [6, 6.07) is 0. The lowest BCUT2D eigenvalue weighted by atomic mass is 9.76. The Balaban J connectivity index is 2.33. The van der Waals surface area contributed by atoms with E-state index in [1.54, 1.807) is 20.2 Å². The van der Waals surface area contributed by atoms with Crippen molar-refractivity contribution in [3.05, 3.63) is 21.6 Å². The molecule has 0 spiro atoms. The van der Waals surface area contributed by atoms with Crippen LogP contribution in [0, 0.1) is 11.3 Å². The highest BCUT2D eigenvalue weighted by atomic mass is 35.5. The Hall–Kier alpha value is -1.56. The summed E-state index contributed by atoms with van der Waals surface area (Å²) in [6.07, 6.45) is 2.25. The quantitative estimate of drug-likeness (QED) is 0.790. The van der Waals surface area contributed by atoms with Crippen LogP contribution in [0.1, 0.15) is 27.2 Å². The number of halogens is 1. The molecule has 0 saturated carbocycles. The zero-order valence-electron chi connectivity index (χ0n) is 13.4. The van der Waals surface area contributed by atoms with Crippen LogP contribution in [-0.4, -0.2) is 35.4 Å². The van der Waals surface area contributed by atoms with Crippen LogP contribution < -0.4 is 10.5 Å². The lowest BCUT2D eigenvalue weighted by Crippen LogP contribution is -2.41. The maximum atomic E-state index is 12.4. The first-order chi connectivity index (χ1) is 10.3. The molecule has 0 aromatic carbocycles. The molecule has 0 amide bonds. The lowest BCUT2D eigenvalue weighted by molar-refractivity contribution is -0.156. The van der Waals surface area contributed by atoms with Gasteiger partial charge in [0.2, 0.25) is 0 Å². The van der Waals surface area contributed by atoms with Crippen LogP contribution >= 0.6 is 11.6 Å². The van der Waals surface area contributed by atoms with Crippen LogP contribution in [0.25, 0.3) is 0 Å². The number of aryl methyl sites for hydroxylation is 1. The first kappa shape index (κ1) is 16.8. The SMILES string of the molecule is CCOC(=O)[C@@]1(C(C)C)CCN(c2cnn(C)c(=O)c2Cl)C1. The fourth-order valence-electron chi connectivity index (χ4n) is 2.91. The number of anilines is 1. The van der Waals surface area contributed by atoms with E-state index < -0.39 is 5.41 Å². The van der Waals surface area contributed by atoms with Gasteiger partial charge < -0.3 is 9.64 Å². The second kappa shape index (κ2) is 6.28. The molecule has 1 atom stereocenters. The summed E-state index contributed by atoms with van der Waals surface area (Å²) in [5.41, 5.74) is -0.325. The number of rotatable bonds is 4. The first-order valence-electron chi connectivity index (χ1n) is 7.47. The van der Waals surface area contributed by atoms with E-state index in [1.807, 2.05) is 18.7 Å². The predicted octanol–water partition coefficient (Wildman–Crippen LogP) is 1.85. The van der Waals surface area contributed by atoms with Crippen LogP contribution in [0.5, 0.6) is 0 Å². The third-order valence-corrected chi connectivity index (χ3v) is 4.84. The smallest absolute Gasteiger partial charge is 0.314 e. The molecule has 122 valence electrons. The monoisotopic (exact) mass is 327 g/mol. The molecule has 2 rings (SSSR count). The molecule has 1 aliphatic rings. The average Bonchev–Trinajstić information content (AvgIpc) is 2.91. The number of nitrogens with zero attached hydrogens (tertiary/aromatic N) is 3. The Morgan fingerprint density at radius 3 is 2.82 bits per heavy atom. The highest BCUT2D eigenvalue weighted by molar-refractivity contribution is 6.33. The Kier molecular flexibility index (Phi) is 4.80.